The minimum absolute atomic E-state index is 0.169. The van der Waals surface area contributed by atoms with Crippen molar-refractivity contribution in [2.75, 3.05) is 19.7 Å². The van der Waals surface area contributed by atoms with Crippen molar-refractivity contribution >= 4 is 17.2 Å². The normalized spacial score (nSPS) is 21.0. The van der Waals surface area contributed by atoms with Crippen molar-refractivity contribution in [3.8, 4) is 5.75 Å². The maximum atomic E-state index is 12.8. The van der Waals surface area contributed by atoms with Gasteiger partial charge in [-0.25, -0.2) is 9.37 Å². The highest BCUT2D eigenvalue weighted by molar-refractivity contribution is 7.07. The Hall–Kier alpha value is -2.03. The predicted octanol–water partition coefficient (Wildman–Crippen LogP) is 1.41. The van der Waals surface area contributed by atoms with Gasteiger partial charge in [0.2, 0.25) is 0 Å². The molecular weight excluding hydrogens is 345 g/mol. The number of ether oxygens (including phenoxy) is 1. The number of likely N-dealkylation sites (tertiary alicyclic amines) is 1. The molecule has 2 atom stereocenters. The number of aliphatic hydroxyl groups excluding tert-OH is 1. The number of halogens is 1. The summed E-state index contributed by atoms with van der Waals surface area (Å²) >= 11 is 1.55. The van der Waals surface area contributed by atoms with Crippen LogP contribution in [0, 0.1) is 5.82 Å². The number of thiazole rings is 1. The van der Waals surface area contributed by atoms with Crippen molar-refractivity contribution in [2.24, 2.45) is 0 Å². The van der Waals surface area contributed by atoms with E-state index in [9.17, 15) is 14.3 Å². The van der Waals surface area contributed by atoms with Gasteiger partial charge in [0, 0.05) is 25.0 Å². The number of rotatable bonds is 6. The molecule has 1 fully saturated rings. The second kappa shape index (κ2) is 8.37. The van der Waals surface area contributed by atoms with Crippen molar-refractivity contribution in [1.29, 1.82) is 0 Å². The van der Waals surface area contributed by atoms with Crippen LogP contribution in [0.4, 0.5) is 4.39 Å². The van der Waals surface area contributed by atoms with Crippen LogP contribution in [0.2, 0.25) is 0 Å². The third kappa shape index (κ3) is 5.22. The van der Waals surface area contributed by atoms with Gasteiger partial charge in [-0.2, -0.15) is 0 Å². The zero-order chi connectivity index (χ0) is 17.6. The number of β-amino-alcohol motifs (C(OH)–C–C–N with tert-alkyl or cyclic N) is 1. The molecule has 1 saturated heterocycles. The van der Waals surface area contributed by atoms with Gasteiger partial charge in [-0.1, -0.05) is 0 Å². The highest BCUT2D eigenvalue weighted by Crippen LogP contribution is 2.15. The molecule has 134 valence electrons. The van der Waals surface area contributed by atoms with Crippen LogP contribution < -0.4 is 10.1 Å². The zero-order valence-corrected chi connectivity index (χ0v) is 14.4. The number of carbonyl (C=O) groups is 1. The lowest BCUT2D eigenvalue weighted by Gasteiger charge is -2.35. The maximum absolute atomic E-state index is 12.8. The molecule has 1 aliphatic heterocycles. The van der Waals surface area contributed by atoms with Crippen molar-refractivity contribution < 1.29 is 19.0 Å². The molecular formula is C17H20FN3O3S. The number of amides is 1. The van der Waals surface area contributed by atoms with Gasteiger partial charge in [-0.3, -0.25) is 9.69 Å². The summed E-state index contributed by atoms with van der Waals surface area (Å²) in [5.41, 5.74) is 2.78. The van der Waals surface area contributed by atoms with E-state index in [1.54, 1.807) is 16.8 Å². The Balaban J connectivity index is 1.42. The number of carbonyl (C=O) groups excluding carboxylic acids is 1. The lowest BCUT2D eigenvalue weighted by molar-refractivity contribution is -0.125. The van der Waals surface area contributed by atoms with E-state index in [4.69, 9.17) is 4.74 Å². The van der Waals surface area contributed by atoms with Crippen LogP contribution >= 0.6 is 11.3 Å². The Morgan fingerprint density at radius 1 is 1.44 bits per heavy atom. The summed E-state index contributed by atoms with van der Waals surface area (Å²) in [5, 5.41) is 15.1. The minimum Gasteiger partial charge on any atom is -0.484 e. The summed E-state index contributed by atoms with van der Waals surface area (Å²) in [6.07, 6.45) is 0.0234. The van der Waals surface area contributed by atoms with E-state index in [1.165, 1.54) is 24.3 Å². The Labute approximate surface area is 149 Å². The van der Waals surface area contributed by atoms with E-state index < -0.39 is 6.10 Å². The van der Waals surface area contributed by atoms with Gasteiger partial charge in [0.15, 0.2) is 6.61 Å². The van der Waals surface area contributed by atoms with Gasteiger partial charge >= 0.3 is 0 Å². The van der Waals surface area contributed by atoms with Crippen molar-refractivity contribution in [1.82, 2.24) is 15.2 Å². The molecule has 25 heavy (non-hydrogen) atoms. The van der Waals surface area contributed by atoms with Crippen LogP contribution in [0.5, 0.6) is 5.75 Å². The Bertz CT molecular complexity index is 681. The van der Waals surface area contributed by atoms with Crippen molar-refractivity contribution in [2.45, 2.75) is 25.1 Å². The van der Waals surface area contributed by atoms with E-state index in [0.717, 1.165) is 12.2 Å². The molecule has 0 radical (unpaired) electrons. The molecule has 1 aromatic carbocycles. The molecule has 2 aromatic rings. The first-order valence-electron chi connectivity index (χ1n) is 8.05. The molecule has 3 rings (SSSR count). The summed E-state index contributed by atoms with van der Waals surface area (Å²) in [5.74, 6) is -0.235. The summed E-state index contributed by atoms with van der Waals surface area (Å²) < 4.78 is 18.1. The largest absolute Gasteiger partial charge is 0.484 e. The third-order valence-corrected chi connectivity index (χ3v) is 4.70. The first kappa shape index (κ1) is 17.8. The van der Waals surface area contributed by atoms with Crippen LogP contribution in [0.15, 0.2) is 35.2 Å². The predicted molar refractivity (Wildman–Crippen MR) is 91.8 cm³/mol. The number of piperidine rings is 1. The molecule has 2 heterocycles. The van der Waals surface area contributed by atoms with Crippen LogP contribution in [-0.4, -0.2) is 52.7 Å². The molecule has 0 saturated carbocycles. The molecule has 8 heteroatoms. The van der Waals surface area contributed by atoms with Crippen molar-refractivity contribution in [3.05, 3.63) is 46.7 Å². The first-order valence-corrected chi connectivity index (χ1v) is 8.99. The van der Waals surface area contributed by atoms with Crippen LogP contribution in [0.25, 0.3) is 0 Å². The summed E-state index contributed by atoms with van der Waals surface area (Å²) in [6, 6.07) is 5.18. The lowest BCUT2D eigenvalue weighted by atomic mass is 10.0. The Kier molecular flexibility index (Phi) is 5.95. The van der Waals surface area contributed by atoms with E-state index in [-0.39, 0.29) is 24.4 Å². The van der Waals surface area contributed by atoms with Crippen LogP contribution in [-0.2, 0) is 11.3 Å². The third-order valence-electron chi connectivity index (χ3n) is 4.07. The Morgan fingerprint density at radius 3 is 2.92 bits per heavy atom. The van der Waals surface area contributed by atoms with Gasteiger partial charge in [0.25, 0.3) is 5.91 Å². The molecule has 1 aliphatic rings. The minimum atomic E-state index is -0.637. The second-order valence-corrected chi connectivity index (χ2v) is 6.71. The quantitative estimate of drug-likeness (QED) is 0.810. The number of aromatic nitrogens is 1. The topological polar surface area (TPSA) is 74.7 Å². The number of nitrogens with one attached hydrogen (secondary N) is 1. The molecule has 6 nitrogen and oxygen atoms in total. The SMILES string of the molecule is O=C(COc1ccc(F)cc1)N[C@H]1CCN(Cc2cscn2)C[C@@H]1O. The highest BCUT2D eigenvalue weighted by atomic mass is 32.1. The summed E-state index contributed by atoms with van der Waals surface area (Å²) in [4.78, 5) is 18.4. The first-order chi connectivity index (χ1) is 12.1. The second-order valence-electron chi connectivity index (χ2n) is 5.99. The fourth-order valence-electron chi connectivity index (χ4n) is 2.78. The number of hydrogen-bond donors (Lipinski definition) is 2. The smallest absolute Gasteiger partial charge is 0.258 e. The van der Waals surface area contributed by atoms with Crippen LogP contribution in [0.3, 0.4) is 0 Å². The number of hydrogen-bond acceptors (Lipinski definition) is 6. The van der Waals surface area contributed by atoms with E-state index >= 15 is 0 Å². The highest BCUT2D eigenvalue weighted by Gasteiger charge is 2.29. The van der Waals surface area contributed by atoms with Gasteiger partial charge in [-0.15, -0.1) is 11.3 Å². The van der Waals surface area contributed by atoms with Gasteiger partial charge < -0.3 is 15.2 Å². The molecule has 2 N–H and O–H groups in total. The number of aliphatic hydroxyl groups is 1. The molecule has 0 unspecified atom stereocenters. The van der Waals surface area contributed by atoms with Gasteiger partial charge in [0.1, 0.15) is 11.6 Å². The molecule has 0 aliphatic carbocycles. The summed E-state index contributed by atoms with van der Waals surface area (Å²) in [7, 11) is 0. The lowest BCUT2D eigenvalue weighted by Crippen LogP contribution is -2.54. The average molecular weight is 365 g/mol. The zero-order valence-electron chi connectivity index (χ0n) is 13.6. The maximum Gasteiger partial charge on any atom is 0.258 e. The fourth-order valence-corrected chi connectivity index (χ4v) is 3.33. The fraction of sp³-hybridized carbons (Fsp3) is 0.412. The number of benzene rings is 1. The molecule has 0 spiro atoms. The standard InChI is InChI=1S/C17H20FN3O3S/c18-12-1-3-14(4-2-12)24-9-17(23)20-15-5-6-21(8-16(15)22)7-13-10-25-11-19-13/h1-4,10-11,15-16,22H,5-9H2,(H,20,23)/t15-,16-/m0/s1. The van der Waals surface area contributed by atoms with E-state index in [2.05, 4.69) is 15.2 Å². The molecule has 1 aromatic heterocycles. The van der Waals surface area contributed by atoms with Crippen molar-refractivity contribution in [3.63, 3.8) is 0 Å². The molecule has 1 amide bonds. The number of nitrogens with zero attached hydrogens (tertiary/aromatic N) is 2. The summed E-state index contributed by atoms with van der Waals surface area (Å²) in [6.45, 7) is 1.80. The average Bonchev–Trinajstić information content (AvgIpc) is 3.10. The molecule has 0 bridgehead atoms. The van der Waals surface area contributed by atoms with E-state index in [1.807, 2.05) is 5.38 Å². The van der Waals surface area contributed by atoms with E-state index in [0.29, 0.717) is 25.3 Å². The Morgan fingerprint density at radius 2 is 2.24 bits per heavy atom. The monoisotopic (exact) mass is 365 g/mol. The van der Waals surface area contributed by atoms with Gasteiger partial charge in [-0.05, 0) is 30.7 Å². The van der Waals surface area contributed by atoms with Crippen LogP contribution in [0.1, 0.15) is 12.1 Å². The van der Waals surface area contributed by atoms with Gasteiger partial charge in [0.05, 0.1) is 23.4 Å².